The number of para-hydroxylation sites is 1. The second kappa shape index (κ2) is 9.82. The highest BCUT2D eigenvalue weighted by atomic mass is 19.1. The van der Waals surface area contributed by atoms with Gasteiger partial charge in [-0.25, -0.2) is 14.1 Å². The smallest absolute Gasteiger partial charge is 0.329 e. The average molecular weight is 468 g/mol. The largest absolute Gasteiger partial charge is 0.496 e. The standard InChI is InChI=1S/C24H25FN4O5/c1-33-20-13-19(28-9-5-6-10-28)21(34-2)12-15(20)11-18-23(31)29(24(32)27-18)14-22(30)26-17-8-4-3-7-16(17)25/h3-4,7-8,11-13H,5-6,9-10,14H2,1-2H3,(H,26,30)(H,27,32)/b18-11-. The summed E-state index contributed by atoms with van der Waals surface area (Å²) in [5.41, 5.74) is 1.37. The van der Waals surface area contributed by atoms with Crippen molar-refractivity contribution in [2.75, 3.05) is 44.1 Å². The molecule has 10 heteroatoms. The summed E-state index contributed by atoms with van der Waals surface area (Å²) in [6, 6.07) is 8.46. The molecule has 0 radical (unpaired) electrons. The fourth-order valence-electron chi connectivity index (χ4n) is 3.99. The Morgan fingerprint density at radius 3 is 2.50 bits per heavy atom. The molecule has 0 bridgehead atoms. The number of carbonyl (C=O) groups excluding carboxylic acids is 3. The summed E-state index contributed by atoms with van der Waals surface area (Å²) >= 11 is 0. The number of imide groups is 1. The first kappa shape index (κ1) is 23.1. The fourth-order valence-corrected chi connectivity index (χ4v) is 3.99. The Balaban J connectivity index is 1.54. The van der Waals surface area contributed by atoms with Gasteiger partial charge >= 0.3 is 6.03 Å². The summed E-state index contributed by atoms with van der Waals surface area (Å²) in [7, 11) is 3.09. The number of ether oxygens (including phenoxy) is 2. The number of anilines is 2. The van der Waals surface area contributed by atoms with Gasteiger partial charge < -0.3 is 25.0 Å². The van der Waals surface area contributed by atoms with E-state index < -0.39 is 30.2 Å². The van der Waals surface area contributed by atoms with Crippen molar-refractivity contribution in [3.63, 3.8) is 0 Å². The zero-order chi connectivity index (χ0) is 24.2. The van der Waals surface area contributed by atoms with E-state index in [4.69, 9.17) is 9.47 Å². The topological polar surface area (TPSA) is 100 Å². The lowest BCUT2D eigenvalue weighted by atomic mass is 10.1. The minimum Gasteiger partial charge on any atom is -0.496 e. The Kier molecular flexibility index (Phi) is 6.67. The van der Waals surface area contributed by atoms with E-state index in [1.165, 1.54) is 31.4 Å². The lowest BCUT2D eigenvalue weighted by Crippen LogP contribution is -2.38. The molecule has 2 heterocycles. The van der Waals surface area contributed by atoms with Gasteiger partial charge in [0, 0.05) is 24.7 Å². The van der Waals surface area contributed by atoms with Crippen LogP contribution in [0.3, 0.4) is 0 Å². The third-order valence-electron chi connectivity index (χ3n) is 5.69. The van der Waals surface area contributed by atoms with Gasteiger partial charge in [-0.1, -0.05) is 12.1 Å². The van der Waals surface area contributed by atoms with Crippen molar-refractivity contribution in [2.24, 2.45) is 0 Å². The molecule has 4 rings (SSSR count). The highest BCUT2D eigenvalue weighted by molar-refractivity contribution is 6.16. The highest BCUT2D eigenvalue weighted by Crippen LogP contribution is 2.38. The zero-order valence-electron chi connectivity index (χ0n) is 18.9. The number of nitrogens with zero attached hydrogens (tertiary/aromatic N) is 2. The van der Waals surface area contributed by atoms with Gasteiger partial charge in [-0.05, 0) is 37.1 Å². The third-order valence-corrected chi connectivity index (χ3v) is 5.69. The number of halogens is 1. The van der Waals surface area contributed by atoms with E-state index in [9.17, 15) is 18.8 Å². The minimum absolute atomic E-state index is 0.0158. The number of carbonyl (C=O) groups is 3. The van der Waals surface area contributed by atoms with Crippen LogP contribution >= 0.6 is 0 Å². The van der Waals surface area contributed by atoms with Crippen molar-refractivity contribution in [1.82, 2.24) is 10.2 Å². The van der Waals surface area contributed by atoms with Crippen LogP contribution in [0.1, 0.15) is 18.4 Å². The quantitative estimate of drug-likeness (QED) is 0.479. The van der Waals surface area contributed by atoms with Crippen molar-refractivity contribution in [3.05, 3.63) is 53.5 Å². The normalized spacial score (nSPS) is 16.7. The van der Waals surface area contributed by atoms with E-state index in [1.807, 2.05) is 6.07 Å². The molecule has 4 amide bonds. The lowest BCUT2D eigenvalue weighted by molar-refractivity contribution is -0.127. The molecule has 0 atom stereocenters. The number of benzene rings is 2. The molecule has 0 aromatic heterocycles. The van der Waals surface area contributed by atoms with Gasteiger partial charge in [0.15, 0.2) is 0 Å². The summed E-state index contributed by atoms with van der Waals surface area (Å²) in [6.07, 6.45) is 3.67. The second-order valence-corrected chi connectivity index (χ2v) is 7.87. The molecular weight excluding hydrogens is 443 g/mol. The Bertz CT molecular complexity index is 1160. The highest BCUT2D eigenvalue weighted by Gasteiger charge is 2.35. The Morgan fingerprint density at radius 2 is 1.82 bits per heavy atom. The van der Waals surface area contributed by atoms with Crippen LogP contribution in [0.15, 0.2) is 42.1 Å². The van der Waals surface area contributed by atoms with Crippen LogP contribution in [0.25, 0.3) is 6.08 Å². The Labute approximate surface area is 196 Å². The van der Waals surface area contributed by atoms with Crippen LogP contribution in [0.2, 0.25) is 0 Å². The first-order chi connectivity index (χ1) is 16.4. The molecule has 0 spiro atoms. The molecule has 2 aromatic rings. The molecular formula is C24H25FN4O5. The minimum atomic E-state index is -0.750. The van der Waals surface area contributed by atoms with E-state index in [2.05, 4.69) is 15.5 Å². The monoisotopic (exact) mass is 468 g/mol. The molecule has 2 aliphatic rings. The van der Waals surface area contributed by atoms with Crippen LogP contribution < -0.4 is 25.0 Å². The predicted molar refractivity (Wildman–Crippen MR) is 124 cm³/mol. The van der Waals surface area contributed by atoms with Crippen molar-refractivity contribution < 1.29 is 28.2 Å². The van der Waals surface area contributed by atoms with Gasteiger partial charge in [0.2, 0.25) is 5.91 Å². The first-order valence-electron chi connectivity index (χ1n) is 10.8. The molecule has 2 saturated heterocycles. The van der Waals surface area contributed by atoms with E-state index >= 15 is 0 Å². The third kappa shape index (κ3) is 4.66. The molecule has 178 valence electrons. The van der Waals surface area contributed by atoms with E-state index in [0.29, 0.717) is 17.1 Å². The van der Waals surface area contributed by atoms with Gasteiger partial charge in [0.25, 0.3) is 5.91 Å². The summed E-state index contributed by atoms with van der Waals surface area (Å²) in [5.74, 6) is -0.880. The zero-order valence-corrected chi connectivity index (χ0v) is 18.9. The maximum absolute atomic E-state index is 13.8. The summed E-state index contributed by atoms with van der Waals surface area (Å²) in [6.45, 7) is 1.27. The summed E-state index contributed by atoms with van der Waals surface area (Å²) in [4.78, 5) is 40.5. The van der Waals surface area contributed by atoms with E-state index in [1.54, 1.807) is 19.2 Å². The molecule has 0 unspecified atom stereocenters. The van der Waals surface area contributed by atoms with Gasteiger partial charge in [0.1, 0.15) is 29.6 Å². The van der Waals surface area contributed by atoms with Crippen LogP contribution in [-0.4, -0.2) is 56.6 Å². The molecule has 0 aliphatic carbocycles. The molecule has 0 saturated carbocycles. The molecule has 9 nitrogen and oxygen atoms in total. The SMILES string of the molecule is COc1cc(N2CCCC2)c(OC)cc1/C=C1\NC(=O)N(CC(=O)Nc2ccccc2F)C1=O. The molecule has 2 N–H and O–H groups in total. The van der Waals surface area contributed by atoms with Crippen molar-refractivity contribution in [3.8, 4) is 11.5 Å². The van der Waals surface area contributed by atoms with Gasteiger partial charge in [-0.15, -0.1) is 0 Å². The average Bonchev–Trinajstić information content (AvgIpc) is 3.45. The maximum atomic E-state index is 13.8. The summed E-state index contributed by atoms with van der Waals surface area (Å²) in [5, 5.41) is 4.84. The summed E-state index contributed by atoms with van der Waals surface area (Å²) < 4.78 is 24.9. The molecule has 2 aromatic carbocycles. The number of amides is 4. The second-order valence-electron chi connectivity index (χ2n) is 7.87. The number of nitrogens with one attached hydrogen (secondary N) is 2. The molecule has 2 fully saturated rings. The van der Waals surface area contributed by atoms with Gasteiger partial charge in [0.05, 0.1) is 25.6 Å². The predicted octanol–water partition coefficient (Wildman–Crippen LogP) is 2.97. The fraction of sp³-hybridized carbons (Fsp3) is 0.292. The van der Waals surface area contributed by atoms with Crippen molar-refractivity contribution in [1.29, 1.82) is 0 Å². The van der Waals surface area contributed by atoms with Crippen LogP contribution in [0.5, 0.6) is 11.5 Å². The van der Waals surface area contributed by atoms with Crippen molar-refractivity contribution >= 4 is 35.3 Å². The first-order valence-corrected chi connectivity index (χ1v) is 10.8. The maximum Gasteiger partial charge on any atom is 0.329 e. The Morgan fingerprint density at radius 1 is 1.12 bits per heavy atom. The van der Waals surface area contributed by atoms with E-state index in [0.717, 1.165) is 36.5 Å². The van der Waals surface area contributed by atoms with E-state index in [-0.39, 0.29) is 11.4 Å². The lowest BCUT2D eigenvalue weighted by Gasteiger charge is -2.22. The number of hydrogen-bond acceptors (Lipinski definition) is 6. The van der Waals surface area contributed by atoms with Crippen LogP contribution in [0.4, 0.5) is 20.6 Å². The van der Waals surface area contributed by atoms with Crippen molar-refractivity contribution in [2.45, 2.75) is 12.8 Å². The number of rotatable bonds is 7. The van der Waals surface area contributed by atoms with Crippen LogP contribution in [-0.2, 0) is 9.59 Å². The van der Waals surface area contributed by atoms with Gasteiger partial charge in [-0.2, -0.15) is 0 Å². The number of urea groups is 1. The number of methoxy groups -OCH3 is 2. The van der Waals surface area contributed by atoms with Gasteiger partial charge in [-0.3, -0.25) is 9.59 Å². The van der Waals surface area contributed by atoms with Crippen LogP contribution in [0, 0.1) is 5.82 Å². The number of hydrogen-bond donors (Lipinski definition) is 2. The molecule has 34 heavy (non-hydrogen) atoms. The Hall–Kier alpha value is -4.08. The molecule has 2 aliphatic heterocycles.